The number of aromatic amines is 1. The predicted molar refractivity (Wildman–Crippen MR) is 89.4 cm³/mol. The van der Waals surface area contributed by atoms with Gasteiger partial charge in [-0.1, -0.05) is 42.5 Å². The third kappa shape index (κ3) is 4.51. The highest BCUT2D eigenvalue weighted by molar-refractivity contribution is 7.71. The lowest BCUT2D eigenvalue weighted by Gasteiger charge is -2.19. The topological polar surface area (TPSA) is 65.1 Å². The van der Waals surface area contributed by atoms with E-state index in [1.54, 1.807) is 25.3 Å². The molecule has 22 heavy (non-hydrogen) atoms. The molecule has 2 atom stereocenters. The van der Waals surface area contributed by atoms with Crippen LogP contribution in [0.2, 0.25) is 0 Å². The van der Waals surface area contributed by atoms with Crippen molar-refractivity contribution in [3.8, 4) is 0 Å². The SMILES string of the molecule is CC(O)CC(CNC(=O)c1ccc[nH]c1=S)c1ccccc1. The number of aromatic nitrogens is 1. The van der Waals surface area contributed by atoms with Gasteiger partial charge in [0.25, 0.3) is 5.91 Å². The number of pyridine rings is 1. The zero-order valence-corrected chi connectivity index (χ0v) is 13.3. The van der Waals surface area contributed by atoms with Crippen molar-refractivity contribution in [2.75, 3.05) is 6.54 Å². The average molecular weight is 316 g/mol. The van der Waals surface area contributed by atoms with Gasteiger partial charge in [0.2, 0.25) is 0 Å². The van der Waals surface area contributed by atoms with Crippen LogP contribution in [0.3, 0.4) is 0 Å². The summed E-state index contributed by atoms with van der Waals surface area (Å²) in [6.45, 7) is 2.21. The summed E-state index contributed by atoms with van der Waals surface area (Å²) in [5.74, 6) is -0.139. The molecule has 1 aromatic heterocycles. The third-order valence-corrected chi connectivity index (χ3v) is 3.81. The van der Waals surface area contributed by atoms with Gasteiger partial charge in [-0.05, 0) is 31.0 Å². The average Bonchev–Trinajstić information content (AvgIpc) is 2.52. The summed E-state index contributed by atoms with van der Waals surface area (Å²) in [4.78, 5) is 15.1. The van der Waals surface area contributed by atoms with Crippen molar-refractivity contribution >= 4 is 18.1 Å². The van der Waals surface area contributed by atoms with E-state index in [-0.39, 0.29) is 11.8 Å². The molecule has 0 radical (unpaired) electrons. The molecule has 0 aliphatic rings. The first-order chi connectivity index (χ1) is 10.6. The minimum absolute atomic E-state index is 0.0615. The molecule has 0 saturated carbocycles. The molecule has 1 aromatic carbocycles. The molecule has 0 bridgehead atoms. The van der Waals surface area contributed by atoms with Gasteiger partial charge in [-0.25, -0.2) is 0 Å². The lowest BCUT2D eigenvalue weighted by atomic mass is 9.93. The maximum absolute atomic E-state index is 12.2. The Morgan fingerprint density at radius 2 is 2.00 bits per heavy atom. The quantitative estimate of drug-likeness (QED) is 0.718. The number of benzene rings is 1. The normalized spacial score (nSPS) is 13.4. The Labute approximate surface area is 135 Å². The molecule has 2 rings (SSSR count). The standard InChI is InChI=1S/C17H20N2O2S/c1-12(20)10-14(13-6-3-2-4-7-13)11-19-16(21)15-8-5-9-18-17(15)22/h2-9,12,14,20H,10-11H2,1H3,(H,18,22)(H,19,21). The fourth-order valence-electron chi connectivity index (χ4n) is 2.39. The van der Waals surface area contributed by atoms with Gasteiger partial charge in [0.15, 0.2) is 0 Å². The highest BCUT2D eigenvalue weighted by Gasteiger charge is 2.16. The molecular formula is C17H20N2O2S. The predicted octanol–water partition coefficient (Wildman–Crippen LogP) is 3.03. The van der Waals surface area contributed by atoms with Crippen LogP contribution in [0.4, 0.5) is 0 Å². The smallest absolute Gasteiger partial charge is 0.254 e. The van der Waals surface area contributed by atoms with Crippen LogP contribution in [-0.2, 0) is 0 Å². The van der Waals surface area contributed by atoms with Crippen LogP contribution >= 0.6 is 12.2 Å². The van der Waals surface area contributed by atoms with Crippen LogP contribution in [0, 0.1) is 4.64 Å². The van der Waals surface area contributed by atoms with Gasteiger partial charge >= 0.3 is 0 Å². The molecule has 2 aromatic rings. The summed E-state index contributed by atoms with van der Waals surface area (Å²) >= 11 is 5.12. The van der Waals surface area contributed by atoms with E-state index in [2.05, 4.69) is 10.3 Å². The van der Waals surface area contributed by atoms with Crippen molar-refractivity contribution in [2.24, 2.45) is 0 Å². The number of amides is 1. The maximum atomic E-state index is 12.2. The number of hydrogen-bond acceptors (Lipinski definition) is 3. The molecule has 0 fully saturated rings. The van der Waals surface area contributed by atoms with E-state index in [4.69, 9.17) is 12.2 Å². The largest absolute Gasteiger partial charge is 0.393 e. The number of rotatable bonds is 6. The molecular weight excluding hydrogens is 296 g/mol. The molecule has 5 heteroatoms. The molecule has 3 N–H and O–H groups in total. The first-order valence-corrected chi connectivity index (χ1v) is 7.67. The Balaban J connectivity index is 2.07. The molecule has 1 heterocycles. The summed E-state index contributed by atoms with van der Waals surface area (Å²) in [6.07, 6.45) is 1.85. The van der Waals surface area contributed by atoms with E-state index in [1.165, 1.54) is 0 Å². The summed E-state index contributed by atoms with van der Waals surface area (Å²) in [7, 11) is 0. The van der Waals surface area contributed by atoms with Gasteiger partial charge in [0, 0.05) is 18.7 Å². The highest BCUT2D eigenvalue weighted by atomic mass is 32.1. The molecule has 116 valence electrons. The third-order valence-electron chi connectivity index (χ3n) is 3.47. The zero-order valence-electron chi connectivity index (χ0n) is 12.5. The molecule has 0 aliphatic carbocycles. The van der Waals surface area contributed by atoms with Gasteiger partial charge in [0.05, 0.1) is 11.7 Å². The van der Waals surface area contributed by atoms with Crippen LogP contribution in [0.5, 0.6) is 0 Å². The van der Waals surface area contributed by atoms with Crippen molar-refractivity contribution in [3.05, 3.63) is 64.4 Å². The van der Waals surface area contributed by atoms with Crippen molar-refractivity contribution in [2.45, 2.75) is 25.4 Å². The number of carbonyl (C=O) groups is 1. The van der Waals surface area contributed by atoms with Crippen LogP contribution in [-0.4, -0.2) is 28.6 Å². The number of aliphatic hydroxyl groups is 1. The maximum Gasteiger partial charge on any atom is 0.254 e. The second-order valence-corrected chi connectivity index (χ2v) is 5.72. The van der Waals surface area contributed by atoms with Crippen molar-refractivity contribution < 1.29 is 9.90 Å². The van der Waals surface area contributed by atoms with Gasteiger partial charge in [-0.3, -0.25) is 4.79 Å². The summed E-state index contributed by atoms with van der Waals surface area (Å²) in [5.41, 5.74) is 1.56. The summed E-state index contributed by atoms with van der Waals surface area (Å²) in [5, 5.41) is 12.6. The molecule has 0 saturated heterocycles. The fourth-order valence-corrected chi connectivity index (χ4v) is 2.61. The number of nitrogens with one attached hydrogen (secondary N) is 2. The number of hydrogen-bond donors (Lipinski definition) is 3. The minimum atomic E-state index is -0.429. The van der Waals surface area contributed by atoms with E-state index < -0.39 is 6.10 Å². The molecule has 1 amide bonds. The second-order valence-electron chi connectivity index (χ2n) is 5.32. The Bertz CT molecular complexity index is 668. The van der Waals surface area contributed by atoms with E-state index in [9.17, 15) is 9.90 Å². The number of aliphatic hydroxyl groups excluding tert-OH is 1. The Morgan fingerprint density at radius 3 is 2.64 bits per heavy atom. The van der Waals surface area contributed by atoms with Crippen LogP contribution in [0.1, 0.15) is 35.2 Å². The Hall–Kier alpha value is -1.98. The van der Waals surface area contributed by atoms with Gasteiger partial charge in [0.1, 0.15) is 4.64 Å². The Morgan fingerprint density at radius 1 is 1.27 bits per heavy atom. The molecule has 0 spiro atoms. The van der Waals surface area contributed by atoms with Gasteiger partial charge in [-0.2, -0.15) is 0 Å². The number of H-pyrrole nitrogens is 1. The number of carbonyl (C=O) groups excluding carboxylic acids is 1. The van der Waals surface area contributed by atoms with E-state index in [0.29, 0.717) is 23.2 Å². The summed E-state index contributed by atoms with van der Waals surface area (Å²) < 4.78 is 0.423. The monoisotopic (exact) mass is 316 g/mol. The molecule has 2 unspecified atom stereocenters. The van der Waals surface area contributed by atoms with E-state index >= 15 is 0 Å². The Kier molecular flexibility index (Phi) is 5.86. The van der Waals surface area contributed by atoms with Crippen molar-refractivity contribution in [1.29, 1.82) is 0 Å². The van der Waals surface area contributed by atoms with E-state index in [1.807, 2.05) is 30.3 Å². The first kappa shape index (κ1) is 16.4. The molecule has 0 aliphatic heterocycles. The second kappa shape index (κ2) is 7.87. The van der Waals surface area contributed by atoms with Gasteiger partial charge in [-0.15, -0.1) is 0 Å². The fraction of sp³-hybridized carbons (Fsp3) is 0.294. The van der Waals surface area contributed by atoms with Crippen LogP contribution < -0.4 is 5.32 Å². The van der Waals surface area contributed by atoms with Crippen molar-refractivity contribution in [1.82, 2.24) is 10.3 Å². The lowest BCUT2D eigenvalue weighted by molar-refractivity contribution is 0.0945. The van der Waals surface area contributed by atoms with Crippen LogP contribution in [0.15, 0.2) is 48.7 Å². The lowest BCUT2D eigenvalue weighted by Crippen LogP contribution is -2.30. The minimum Gasteiger partial charge on any atom is -0.393 e. The highest BCUT2D eigenvalue weighted by Crippen LogP contribution is 2.20. The molecule has 4 nitrogen and oxygen atoms in total. The van der Waals surface area contributed by atoms with Gasteiger partial charge < -0.3 is 15.4 Å². The van der Waals surface area contributed by atoms with E-state index in [0.717, 1.165) is 5.56 Å². The first-order valence-electron chi connectivity index (χ1n) is 7.27. The zero-order chi connectivity index (χ0) is 15.9. The van der Waals surface area contributed by atoms with Crippen LogP contribution in [0.25, 0.3) is 0 Å². The van der Waals surface area contributed by atoms with Crippen molar-refractivity contribution in [3.63, 3.8) is 0 Å². The summed E-state index contributed by atoms with van der Waals surface area (Å²) in [6, 6.07) is 13.3.